The Morgan fingerprint density at radius 1 is 1.37 bits per heavy atom. The predicted octanol–water partition coefficient (Wildman–Crippen LogP) is 3.95. The average Bonchev–Trinajstić information content (AvgIpc) is 2.96. The molecular weight excluding hydrogens is 252 g/mol. The van der Waals surface area contributed by atoms with Gasteiger partial charge in [-0.15, -0.1) is 11.8 Å². The first kappa shape index (κ1) is 14.4. The molecule has 1 aromatic rings. The van der Waals surface area contributed by atoms with Crippen LogP contribution in [0, 0.1) is 17.2 Å². The Morgan fingerprint density at radius 3 is 2.84 bits per heavy atom. The summed E-state index contributed by atoms with van der Waals surface area (Å²) in [5, 5.41) is 12.6. The second-order valence-corrected chi connectivity index (χ2v) is 6.25. The van der Waals surface area contributed by atoms with Gasteiger partial charge in [-0.05, 0) is 43.0 Å². The molecule has 1 aromatic carbocycles. The van der Waals surface area contributed by atoms with E-state index in [1.165, 1.54) is 37.0 Å². The standard InChI is InChI=1S/C16H22N2S/c1-2-18-11-14-7-8-16(15(9-14)10-17)19-12-13-5-3-4-6-13/h7-9,13,18H,2-6,11-12H2,1H3. The number of nitrogens with one attached hydrogen (secondary N) is 1. The van der Waals surface area contributed by atoms with Crippen LogP contribution in [0.1, 0.15) is 43.7 Å². The van der Waals surface area contributed by atoms with Gasteiger partial charge in [-0.2, -0.15) is 5.26 Å². The average molecular weight is 274 g/mol. The van der Waals surface area contributed by atoms with Crippen molar-refractivity contribution < 1.29 is 0 Å². The fourth-order valence-corrected chi connectivity index (χ4v) is 3.73. The van der Waals surface area contributed by atoms with Crippen molar-refractivity contribution in [2.45, 2.75) is 44.0 Å². The van der Waals surface area contributed by atoms with Gasteiger partial charge >= 0.3 is 0 Å². The van der Waals surface area contributed by atoms with E-state index in [2.05, 4.69) is 30.4 Å². The van der Waals surface area contributed by atoms with E-state index >= 15 is 0 Å². The van der Waals surface area contributed by atoms with Crippen LogP contribution < -0.4 is 5.32 Å². The first-order valence-electron chi connectivity index (χ1n) is 7.20. The first-order valence-corrected chi connectivity index (χ1v) is 8.18. The number of benzene rings is 1. The zero-order valence-corrected chi connectivity index (χ0v) is 12.4. The quantitative estimate of drug-likeness (QED) is 0.798. The summed E-state index contributed by atoms with van der Waals surface area (Å²) in [6.45, 7) is 3.90. The van der Waals surface area contributed by atoms with Gasteiger partial charge in [-0.1, -0.05) is 25.8 Å². The molecule has 0 heterocycles. The fraction of sp³-hybridized carbons (Fsp3) is 0.562. The Bertz CT molecular complexity index is 445. The summed E-state index contributed by atoms with van der Waals surface area (Å²) < 4.78 is 0. The maximum atomic E-state index is 9.28. The number of hydrogen-bond donors (Lipinski definition) is 1. The third-order valence-corrected chi connectivity index (χ3v) is 5.00. The van der Waals surface area contributed by atoms with Crippen LogP contribution in [0.4, 0.5) is 0 Å². The van der Waals surface area contributed by atoms with Crippen LogP contribution >= 0.6 is 11.8 Å². The van der Waals surface area contributed by atoms with Gasteiger partial charge in [0.2, 0.25) is 0 Å². The SMILES string of the molecule is CCNCc1ccc(SCC2CCCC2)c(C#N)c1. The van der Waals surface area contributed by atoms with Crippen molar-refractivity contribution in [1.29, 1.82) is 5.26 Å². The molecule has 1 saturated carbocycles. The molecule has 0 aliphatic heterocycles. The zero-order chi connectivity index (χ0) is 13.5. The lowest BCUT2D eigenvalue weighted by atomic mass is 10.1. The Hall–Kier alpha value is -0.980. The van der Waals surface area contributed by atoms with E-state index in [1.54, 1.807) is 0 Å². The maximum absolute atomic E-state index is 9.28. The monoisotopic (exact) mass is 274 g/mol. The Morgan fingerprint density at radius 2 is 2.16 bits per heavy atom. The molecule has 2 nitrogen and oxygen atoms in total. The Balaban J connectivity index is 1.97. The van der Waals surface area contributed by atoms with Gasteiger partial charge in [-0.3, -0.25) is 0 Å². The summed E-state index contributed by atoms with van der Waals surface area (Å²) in [6.07, 6.45) is 5.51. The van der Waals surface area contributed by atoms with Crippen LogP contribution in [0.15, 0.2) is 23.1 Å². The van der Waals surface area contributed by atoms with E-state index in [1.807, 2.05) is 17.8 Å². The van der Waals surface area contributed by atoms with Gasteiger partial charge in [0, 0.05) is 17.2 Å². The number of thioether (sulfide) groups is 1. The number of nitriles is 1. The lowest BCUT2D eigenvalue weighted by Crippen LogP contribution is -2.11. The van der Waals surface area contributed by atoms with Gasteiger partial charge in [0.15, 0.2) is 0 Å². The lowest BCUT2D eigenvalue weighted by molar-refractivity contribution is 0.623. The molecule has 1 N–H and O–H groups in total. The molecule has 2 rings (SSSR count). The number of rotatable bonds is 6. The van der Waals surface area contributed by atoms with Crippen LogP contribution in [0.3, 0.4) is 0 Å². The van der Waals surface area contributed by atoms with Gasteiger partial charge in [-0.25, -0.2) is 0 Å². The minimum absolute atomic E-state index is 0.832. The molecule has 0 saturated heterocycles. The van der Waals surface area contributed by atoms with E-state index in [0.29, 0.717) is 0 Å². The molecule has 1 fully saturated rings. The van der Waals surface area contributed by atoms with Crippen molar-refractivity contribution in [2.75, 3.05) is 12.3 Å². The second-order valence-electron chi connectivity index (χ2n) is 5.18. The first-order chi connectivity index (χ1) is 9.33. The van der Waals surface area contributed by atoms with E-state index in [9.17, 15) is 5.26 Å². The van der Waals surface area contributed by atoms with Gasteiger partial charge in [0.1, 0.15) is 6.07 Å². The highest BCUT2D eigenvalue weighted by Gasteiger charge is 2.15. The van der Waals surface area contributed by atoms with Crippen LogP contribution in [0.5, 0.6) is 0 Å². The van der Waals surface area contributed by atoms with E-state index in [4.69, 9.17) is 0 Å². The summed E-state index contributed by atoms with van der Waals surface area (Å²) in [4.78, 5) is 1.15. The molecule has 0 unspecified atom stereocenters. The maximum Gasteiger partial charge on any atom is 0.100 e. The minimum Gasteiger partial charge on any atom is -0.313 e. The molecule has 0 atom stereocenters. The molecule has 0 radical (unpaired) electrons. The summed E-state index contributed by atoms with van der Waals surface area (Å²) in [7, 11) is 0. The van der Waals surface area contributed by atoms with Crippen molar-refractivity contribution in [3.8, 4) is 6.07 Å². The Labute approximate surface area is 120 Å². The topological polar surface area (TPSA) is 35.8 Å². The Kier molecular flexibility index (Phi) is 5.75. The number of hydrogen-bond acceptors (Lipinski definition) is 3. The molecule has 1 aliphatic carbocycles. The summed E-state index contributed by atoms with van der Waals surface area (Å²) >= 11 is 1.86. The van der Waals surface area contributed by atoms with E-state index < -0.39 is 0 Å². The van der Waals surface area contributed by atoms with Crippen LogP contribution in [0.25, 0.3) is 0 Å². The lowest BCUT2D eigenvalue weighted by Gasteiger charge is -2.10. The van der Waals surface area contributed by atoms with Crippen LogP contribution in [-0.4, -0.2) is 12.3 Å². The summed E-state index contributed by atoms with van der Waals surface area (Å²) in [5.74, 6) is 2.03. The van der Waals surface area contributed by atoms with Crippen LogP contribution in [-0.2, 0) is 6.54 Å². The molecule has 102 valence electrons. The smallest absolute Gasteiger partial charge is 0.100 e. The van der Waals surface area contributed by atoms with Crippen molar-refractivity contribution >= 4 is 11.8 Å². The largest absolute Gasteiger partial charge is 0.313 e. The highest BCUT2D eigenvalue weighted by Crippen LogP contribution is 2.32. The van der Waals surface area contributed by atoms with Crippen molar-refractivity contribution in [3.63, 3.8) is 0 Å². The third-order valence-electron chi connectivity index (χ3n) is 3.69. The predicted molar refractivity (Wildman–Crippen MR) is 81.2 cm³/mol. The van der Waals surface area contributed by atoms with Crippen molar-refractivity contribution in [3.05, 3.63) is 29.3 Å². The van der Waals surface area contributed by atoms with Gasteiger partial charge in [0.25, 0.3) is 0 Å². The molecule has 3 heteroatoms. The molecule has 0 aromatic heterocycles. The van der Waals surface area contributed by atoms with Gasteiger partial charge in [0.05, 0.1) is 5.56 Å². The van der Waals surface area contributed by atoms with E-state index in [0.717, 1.165) is 29.5 Å². The van der Waals surface area contributed by atoms with Crippen LogP contribution in [0.2, 0.25) is 0 Å². The van der Waals surface area contributed by atoms with Crippen molar-refractivity contribution in [1.82, 2.24) is 5.32 Å². The minimum atomic E-state index is 0.832. The highest BCUT2D eigenvalue weighted by molar-refractivity contribution is 7.99. The molecule has 19 heavy (non-hydrogen) atoms. The zero-order valence-electron chi connectivity index (χ0n) is 11.6. The molecule has 0 amide bonds. The molecule has 0 bridgehead atoms. The number of nitrogens with zero attached hydrogens (tertiary/aromatic N) is 1. The third kappa shape index (κ3) is 4.26. The highest BCUT2D eigenvalue weighted by atomic mass is 32.2. The fourth-order valence-electron chi connectivity index (χ4n) is 2.55. The molecular formula is C16H22N2S. The molecule has 1 aliphatic rings. The van der Waals surface area contributed by atoms with Crippen molar-refractivity contribution in [2.24, 2.45) is 5.92 Å². The summed E-state index contributed by atoms with van der Waals surface area (Å²) in [6, 6.07) is 8.62. The molecule has 0 spiro atoms. The van der Waals surface area contributed by atoms with E-state index in [-0.39, 0.29) is 0 Å². The second kappa shape index (κ2) is 7.57. The summed E-state index contributed by atoms with van der Waals surface area (Å²) in [5.41, 5.74) is 2.03. The normalized spacial score (nSPS) is 15.6. The van der Waals surface area contributed by atoms with Gasteiger partial charge < -0.3 is 5.32 Å².